The number of nitriles is 1. The summed E-state index contributed by atoms with van der Waals surface area (Å²) < 4.78 is 7.16. The quantitative estimate of drug-likeness (QED) is 0.545. The summed E-state index contributed by atoms with van der Waals surface area (Å²) in [6.45, 7) is 6.31. The Labute approximate surface area is 167 Å². The van der Waals surface area contributed by atoms with Gasteiger partial charge in [0.25, 0.3) is 11.5 Å². The van der Waals surface area contributed by atoms with Crippen LogP contribution in [0.4, 0.5) is 0 Å². The number of aromatic nitrogens is 2. The van der Waals surface area contributed by atoms with Crippen LogP contribution in [-0.2, 0) is 10.2 Å². The third kappa shape index (κ3) is 4.17. The highest BCUT2D eigenvalue weighted by molar-refractivity contribution is 6.00. The van der Waals surface area contributed by atoms with E-state index in [4.69, 9.17) is 15.7 Å². The molecule has 0 saturated carbocycles. The maximum absolute atomic E-state index is 12.9. The molecule has 7 nitrogen and oxygen atoms in total. The monoisotopic (exact) mass is 388 g/mol. The molecule has 0 fully saturated rings. The summed E-state index contributed by atoms with van der Waals surface area (Å²) in [4.78, 5) is 28.8. The average molecular weight is 388 g/mol. The Hall–Kier alpha value is -3.92. The van der Waals surface area contributed by atoms with E-state index in [2.05, 4.69) is 25.8 Å². The molecule has 2 aromatic heterocycles. The zero-order valence-corrected chi connectivity index (χ0v) is 16.3. The summed E-state index contributed by atoms with van der Waals surface area (Å²) in [6, 6.07) is 14.2. The molecule has 29 heavy (non-hydrogen) atoms. The minimum Gasteiger partial charge on any atom is -0.438 e. The highest BCUT2D eigenvalue weighted by Gasteiger charge is 2.17. The van der Waals surface area contributed by atoms with Crippen LogP contribution in [0.5, 0.6) is 11.6 Å². The van der Waals surface area contributed by atoms with Crippen molar-refractivity contribution in [3.05, 3.63) is 75.7 Å². The van der Waals surface area contributed by atoms with Crippen LogP contribution >= 0.6 is 0 Å². The van der Waals surface area contributed by atoms with Crippen molar-refractivity contribution < 1.29 is 9.53 Å². The van der Waals surface area contributed by atoms with Gasteiger partial charge in [-0.2, -0.15) is 10.2 Å². The van der Waals surface area contributed by atoms with E-state index in [-0.39, 0.29) is 22.4 Å². The number of fused-ring (bicyclic) bond motifs is 1. The SMILES string of the molecule is CC(C)(C)c1ccc(Oc2nc3ccccn3c(=O)c2C=C(C#N)C(N)=O)cc1. The second-order valence-corrected chi connectivity index (χ2v) is 7.48. The van der Waals surface area contributed by atoms with Gasteiger partial charge in [0.2, 0.25) is 5.88 Å². The van der Waals surface area contributed by atoms with Crippen LogP contribution < -0.4 is 16.0 Å². The predicted octanol–water partition coefficient (Wildman–Crippen LogP) is 3.18. The molecule has 0 bridgehead atoms. The third-order valence-corrected chi connectivity index (χ3v) is 4.34. The van der Waals surface area contributed by atoms with Gasteiger partial charge in [0, 0.05) is 6.20 Å². The molecule has 0 aliphatic rings. The Morgan fingerprint density at radius 1 is 1.21 bits per heavy atom. The van der Waals surface area contributed by atoms with Crippen molar-refractivity contribution in [3.63, 3.8) is 0 Å². The van der Waals surface area contributed by atoms with E-state index >= 15 is 0 Å². The van der Waals surface area contributed by atoms with Gasteiger partial charge in [0.1, 0.15) is 28.6 Å². The van der Waals surface area contributed by atoms with E-state index < -0.39 is 11.5 Å². The molecular weight excluding hydrogens is 368 g/mol. The average Bonchev–Trinajstić information content (AvgIpc) is 2.67. The van der Waals surface area contributed by atoms with Crippen LogP contribution in [0, 0.1) is 11.3 Å². The second-order valence-electron chi connectivity index (χ2n) is 7.48. The fourth-order valence-electron chi connectivity index (χ4n) is 2.72. The van der Waals surface area contributed by atoms with Gasteiger partial charge >= 0.3 is 0 Å². The fraction of sp³-hybridized carbons (Fsp3) is 0.182. The van der Waals surface area contributed by atoms with Crippen molar-refractivity contribution in [3.8, 4) is 17.7 Å². The maximum Gasteiger partial charge on any atom is 0.269 e. The van der Waals surface area contributed by atoms with Crippen LogP contribution in [0.25, 0.3) is 11.7 Å². The number of hydrogen-bond acceptors (Lipinski definition) is 5. The van der Waals surface area contributed by atoms with Crippen LogP contribution in [0.15, 0.2) is 59.0 Å². The summed E-state index contributed by atoms with van der Waals surface area (Å²) in [5.74, 6) is -0.485. The Morgan fingerprint density at radius 2 is 1.90 bits per heavy atom. The summed E-state index contributed by atoms with van der Waals surface area (Å²) in [7, 11) is 0. The zero-order chi connectivity index (χ0) is 21.2. The highest BCUT2D eigenvalue weighted by Crippen LogP contribution is 2.28. The normalized spacial score (nSPS) is 11.9. The lowest BCUT2D eigenvalue weighted by Crippen LogP contribution is -2.20. The van der Waals surface area contributed by atoms with Gasteiger partial charge in [0.15, 0.2) is 0 Å². The van der Waals surface area contributed by atoms with Crippen LogP contribution in [0.1, 0.15) is 31.9 Å². The lowest BCUT2D eigenvalue weighted by atomic mass is 9.87. The number of benzene rings is 1. The van der Waals surface area contributed by atoms with Gasteiger partial charge in [0.05, 0.1) is 0 Å². The third-order valence-electron chi connectivity index (χ3n) is 4.34. The molecule has 0 saturated heterocycles. The molecule has 0 aliphatic heterocycles. The Kier molecular flexibility index (Phi) is 5.20. The predicted molar refractivity (Wildman–Crippen MR) is 109 cm³/mol. The minimum absolute atomic E-state index is 0.0151. The molecule has 0 spiro atoms. The van der Waals surface area contributed by atoms with Crippen molar-refractivity contribution in [2.75, 3.05) is 0 Å². The molecule has 0 atom stereocenters. The largest absolute Gasteiger partial charge is 0.438 e. The van der Waals surface area contributed by atoms with Gasteiger partial charge < -0.3 is 10.5 Å². The lowest BCUT2D eigenvalue weighted by Gasteiger charge is -2.19. The molecule has 1 amide bonds. The number of rotatable bonds is 4. The number of nitrogens with two attached hydrogens (primary N) is 1. The van der Waals surface area contributed by atoms with Crippen molar-refractivity contribution in [1.29, 1.82) is 5.26 Å². The van der Waals surface area contributed by atoms with Crippen LogP contribution in [0.2, 0.25) is 0 Å². The van der Waals surface area contributed by atoms with Gasteiger partial charge in [-0.15, -0.1) is 0 Å². The van der Waals surface area contributed by atoms with E-state index in [1.54, 1.807) is 42.6 Å². The number of ether oxygens (including phenoxy) is 1. The Balaban J connectivity index is 2.16. The molecule has 0 aliphatic carbocycles. The van der Waals surface area contributed by atoms with E-state index in [1.165, 1.54) is 4.40 Å². The summed E-state index contributed by atoms with van der Waals surface area (Å²) in [5, 5.41) is 9.16. The Morgan fingerprint density at radius 3 is 2.48 bits per heavy atom. The lowest BCUT2D eigenvalue weighted by molar-refractivity contribution is -0.114. The van der Waals surface area contributed by atoms with E-state index in [1.807, 2.05) is 12.1 Å². The first-order chi connectivity index (χ1) is 13.7. The first-order valence-electron chi connectivity index (χ1n) is 8.92. The number of amides is 1. The van der Waals surface area contributed by atoms with Crippen LogP contribution in [0.3, 0.4) is 0 Å². The van der Waals surface area contributed by atoms with Crippen molar-refractivity contribution in [2.45, 2.75) is 26.2 Å². The maximum atomic E-state index is 12.9. The van der Waals surface area contributed by atoms with Crippen molar-refractivity contribution in [2.24, 2.45) is 5.73 Å². The summed E-state index contributed by atoms with van der Waals surface area (Å²) >= 11 is 0. The van der Waals surface area contributed by atoms with Crippen molar-refractivity contribution >= 4 is 17.6 Å². The Bertz CT molecular complexity index is 1210. The molecule has 3 rings (SSSR count). The van der Waals surface area contributed by atoms with Gasteiger partial charge in [-0.25, -0.2) is 0 Å². The molecular formula is C22H20N4O3. The topological polar surface area (TPSA) is 110 Å². The van der Waals surface area contributed by atoms with E-state index in [0.29, 0.717) is 11.4 Å². The van der Waals surface area contributed by atoms with Crippen molar-refractivity contribution in [1.82, 2.24) is 9.38 Å². The molecule has 0 radical (unpaired) electrons. The standard InChI is InChI=1S/C22H20N4O3/c1-22(2,3)15-7-9-16(10-8-15)29-20-17(12-14(13-23)19(24)27)21(28)26-11-5-4-6-18(26)25-20/h4-12H,1-3H3,(H2,24,27). The number of nitrogens with zero attached hydrogens (tertiary/aromatic N) is 3. The summed E-state index contributed by atoms with van der Waals surface area (Å²) in [5.41, 5.74) is 5.80. The molecule has 2 N–H and O–H groups in total. The zero-order valence-electron chi connectivity index (χ0n) is 16.3. The van der Waals surface area contributed by atoms with Gasteiger partial charge in [-0.05, 0) is 41.3 Å². The second kappa shape index (κ2) is 7.60. The number of carbonyl (C=O) groups excluding carboxylic acids is 1. The molecule has 7 heteroatoms. The van der Waals surface area contributed by atoms with E-state index in [0.717, 1.165) is 11.6 Å². The van der Waals surface area contributed by atoms with Crippen LogP contribution in [-0.4, -0.2) is 15.3 Å². The molecule has 0 unspecified atom stereocenters. The molecule has 146 valence electrons. The highest BCUT2D eigenvalue weighted by atomic mass is 16.5. The molecule has 3 aromatic rings. The number of pyridine rings is 1. The first-order valence-corrected chi connectivity index (χ1v) is 8.92. The first kappa shape index (κ1) is 19.8. The molecule has 2 heterocycles. The van der Waals surface area contributed by atoms with E-state index in [9.17, 15) is 9.59 Å². The number of primary amides is 1. The minimum atomic E-state index is -0.939. The number of hydrogen-bond donors (Lipinski definition) is 1. The van der Waals surface area contributed by atoms with Gasteiger partial charge in [-0.3, -0.25) is 14.0 Å². The molecule has 1 aromatic carbocycles. The summed E-state index contributed by atoms with van der Waals surface area (Å²) in [6.07, 6.45) is 2.65. The van der Waals surface area contributed by atoms with Gasteiger partial charge in [-0.1, -0.05) is 39.0 Å². The number of carbonyl (C=O) groups is 1. The fourth-order valence-corrected chi connectivity index (χ4v) is 2.72. The smallest absolute Gasteiger partial charge is 0.269 e.